The zero-order valence-electron chi connectivity index (χ0n) is 8.88. The Hall–Kier alpha value is 0.0200. The number of carbonyl (C=O) groups excluding carboxylic acids is 1. The maximum absolute atomic E-state index is 10.6. The minimum Gasteiger partial charge on any atom is -0.288 e. The molecule has 0 aromatic heterocycles. The van der Waals surface area contributed by atoms with Crippen LogP contribution in [-0.2, 0) is 4.79 Å². The van der Waals surface area contributed by atoms with Crippen molar-refractivity contribution in [3.8, 4) is 0 Å². The second-order valence-corrected chi connectivity index (χ2v) is 4.39. The Balaban J connectivity index is 3.19. The lowest BCUT2D eigenvalue weighted by atomic mass is 9.98. The lowest BCUT2D eigenvalue weighted by Crippen LogP contribution is -1.97. The van der Waals surface area contributed by atoms with E-state index in [-0.39, 0.29) is 5.12 Å². The van der Waals surface area contributed by atoms with Gasteiger partial charge in [0.1, 0.15) is 0 Å². The van der Waals surface area contributed by atoms with Gasteiger partial charge >= 0.3 is 0 Å². The van der Waals surface area contributed by atoms with Crippen LogP contribution in [-0.4, -0.2) is 5.12 Å². The van der Waals surface area contributed by atoms with Gasteiger partial charge in [0.25, 0.3) is 0 Å². The molecule has 0 heterocycles. The van der Waals surface area contributed by atoms with E-state index in [4.69, 9.17) is 0 Å². The Bertz CT molecular complexity index is 134. The van der Waals surface area contributed by atoms with Gasteiger partial charge in [-0.05, 0) is 12.3 Å². The van der Waals surface area contributed by atoms with E-state index >= 15 is 0 Å². The minimum absolute atomic E-state index is 0.0282. The standard InChI is InChI=1S/C11H22OS/c1-3-4-5-6-7-10(2)8-9-11(12)13/h10H,3-9H2,1-2H3,(H,12,13). The molecule has 0 amide bonds. The molecule has 1 atom stereocenters. The second-order valence-electron chi connectivity index (χ2n) is 3.89. The number of unbranched alkanes of at least 4 members (excludes halogenated alkanes) is 3. The average Bonchev–Trinajstić information content (AvgIpc) is 2.09. The smallest absolute Gasteiger partial charge is 0.185 e. The van der Waals surface area contributed by atoms with Crippen molar-refractivity contribution < 1.29 is 4.79 Å². The van der Waals surface area contributed by atoms with Crippen LogP contribution in [0.25, 0.3) is 0 Å². The monoisotopic (exact) mass is 202 g/mol. The van der Waals surface area contributed by atoms with E-state index in [9.17, 15) is 4.79 Å². The summed E-state index contributed by atoms with van der Waals surface area (Å²) in [7, 11) is 0. The summed E-state index contributed by atoms with van der Waals surface area (Å²) in [6, 6.07) is 0. The largest absolute Gasteiger partial charge is 0.288 e. The molecule has 0 rings (SSSR count). The van der Waals surface area contributed by atoms with Crippen molar-refractivity contribution in [3.05, 3.63) is 0 Å². The zero-order chi connectivity index (χ0) is 10.1. The summed E-state index contributed by atoms with van der Waals surface area (Å²) < 4.78 is 0. The molecule has 1 nitrogen and oxygen atoms in total. The third-order valence-corrected chi connectivity index (χ3v) is 2.63. The molecule has 1 unspecified atom stereocenters. The lowest BCUT2D eigenvalue weighted by Gasteiger charge is -2.08. The minimum atomic E-state index is 0.0282. The number of carbonyl (C=O) groups is 1. The summed E-state index contributed by atoms with van der Waals surface area (Å²) in [4.78, 5) is 10.6. The van der Waals surface area contributed by atoms with Gasteiger partial charge < -0.3 is 0 Å². The van der Waals surface area contributed by atoms with Crippen LogP contribution in [0.2, 0.25) is 0 Å². The van der Waals surface area contributed by atoms with Crippen molar-refractivity contribution in [1.29, 1.82) is 0 Å². The van der Waals surface area contributed by atoms with Crippen LogP contribution in [0.3, 0.4) is 0 Å². The van der Waals surface area contributed by atoms with E-state index < -0.39 is 0 Å². The summed E-state index contributed by atoms with van der Waals surface area (Å²) in [5.74, 6) is 0.688. The molecule has 0 spiro atoms. The second kappa shape index (κ2) is 8.61. The van der Waals surface area contributed by atoms with Gasteiger partial charge in [-0.15, -0.1) is 12.6 Å². The first kappa shape index (κ1) is 13.0. The van der Waals surface area contributed by atoms with Crippen LogP contribution in [0.1, 0.15) is 58.8 Å². The molecule has 0 aromatic rings. The quantitative estimate of drug-likeness (QED) is 0.467. The molecule has 0 fully saturated rings. The molecule has 78 valence electrons. The molecule has 0 aliphatic rings. The third-order valence-electron chi connectivity index (χ3n) is 2.40. The SMILES string of the molecule is CCCCCCC(C)CCC(=O)S. The first-order chi connectivity index (χ1) is 6.16. The lowest BCUT2D eigenvalue weighted by molar-refractivity contribution is -0.111. The van der Waals surface area contributed by atoms with Crippen LogP contribution < -0.4 is 0 Å². The van der Waals surface area contributed by atoms with Crippen molar-refractivity contribution in [2.75, 3.05) is 0 Å². The van der Waals surface area contributed by atoms with Gasteiger partial charge in [-0.3, -0.25) is 4.79 Å². The average molecular weight is 202 g/mol. The molecular formula is C11H22OS. The van der Waals surface area contributed by atoms with Crippen LogP contribution in [0.4, 0.5) is 0 Å². The number of thiol groups is 1. The normalized spacial score (nSPS) is 12.8. The van der Waals surface area contributed by atoms with Crippen LogP contribution in [0.15, 0.2) is 0 Å². The highest BCUT2D eigenvalue weighted by Crippen LogP contribution is 2.15. The van der Waals surface area contributed by atoms with E-state index in [1.807, 2.05) is 0 Å². The van der Waals surface area contributed by atoms with Crippen LogP contribution in [0.5, 0.6) is 0 Å². The highest BCUT2D eigenvalue weighted by atomic mass is 32.1. The van der Waals surface area contributed by atoms with Crippen molar-refractivity contribution >= 4 is 17.7 Å². The summed E-state index contributed by atoms with van der Waals surface area (Å²) in [5, 5.41) is 0.0282. The molecule has 0 saturated carbocycles. The van der Waals surface area contributed by atoms with Gasteiger partial charge in [-0.25, -0.2) is 0 Å². The van der Waals surface area contributed by atoms with E-state index in [2.05, 4.69) is 26.5 Å². The zero-order valence-corrected chi connectivity index (χ0v) is 9.78. The van der Waals surface area contributed by atoms with Crippen molar-refractivity contribution in [3.63, 3.8) is 0 Å². The van der Waals surface area contributed by atoms with E-state index in [1.54, 1.807) is 0 Å². The predicted octanol–water partition coefficient (Wildman–Crippen LogP) is 3.83. The van der Waals surface area contributed by atoms with Gasteiger partial charge in [-0.1, -0.05) is 46.0 Å². The van der Waals surface area contributed by atoms with Gasteiger partial charge in [0, 0.05) is 6.42 Å². The maximum Gasteiger partial charge on any atom is 0.185 e. The first-order valence-corrected chi connectivity index (χ1v) is 5.83. The fourth-order valence-electron chi connectivity index (χ4n) is 1.43. The topological polar surface area (TPSA) is 17.1 Å². The van der Waals surface area contributed by atoms with Gasteiger partial charge in [0.15, 0.2) is 5.12 Å². The van der Waals surface area contributed by atoms with Gasteiger partial charge in [0.05, 0.1) is 0 Å². The van der Waals surface area contributed by atoms with Crippen LogP contribution in [0, 0.1) is 5.92 Å². The van der Waals surface area contributed by atoms with Gasteiger partial charge in [0.2, 0.25) is 0 Å². The molecule has 2 heteroatoms. The molecule has 0 saturated heterocycles. The van der Waals surface area contributed by atoms with E-state index in [0.717, 1.165) is 6.42 Å². The molecule has 13 heavy (non-hydrogen) atoms. The fraction of sp³-hybridized carbons (Fsp3) is 0.909. The highest BCUT2D eigenvalue weighted by molar-refractivity contribution is 7.96. The Morgan fingerprint density at radius 3 is 2.46 bits per heavy atom. The van der Waals surface area contributed by atoms with Crippen molar-refractivity contribution in [2.45, 2.75) is 58.8 Å². The number of hydrogen-bond acceptors (Lipinski definition) is 1. The fourth-order valence-corrected chi connectivity index (χ4v) is 1.56. The molecule has 0 N–H and O–H groups in total. The summed E-state index contributed by atoms with van der Waals surface area (Å²) in [6.07, 6.45) is 8.21. The molecule has 0 bridgehead atoms. The Morgan fingerprint density at radius 1 is 1.23 bits per heavy atom. The van der Waals surface area contributed by atoms with Crippen molar-refractivity contribution in [2.24, 2.45) is 5.92 Å². The summed E-state index contributed by atoms with van der Waals surface area (Å²) >= 11 is 3.76. The van der Waals surface area contributed by atoms with Crippen LogP contribution >= 0.6 is 12.6 Å². The number of rotatable bonds is 8. The third kappa shape index (κ3) is 9.94. The Kier molecular flexibility index (Phi) is 8.62. The predicted molar refractivity (Wildman–Crippen MR) is 61.2 cm³/mol. The molecule has 0 aliphatic carbocycles. The summed E-state index contributed by atoms with van der Waals surface area (Å²) in [6.45, 7) is 4.45. The first-order valence-electron chi connectivity index (χ1n) is 5.38. The number of hydrogen-bond donors (Lipinski definition) is 1. The Morgan fingerprint density at radius 2 is 1.92 bits per heavy atom. The molecule has 0 radical (unpaired) electrons. The molecule has 0 aromatic carbocycles. The summed E-state index contributed by atoms with van der Waals surface area (Å²) in [5.41, 5.74) is 0. The Labute approximate surface area is 87.7 Å². The highest BCUT2D eigenvalue weighted by Gasteiger charge is 2.03. The van der Waals surface area contributed by atoms with Crippen molar-refractivity contribution in [1.82, 2.24) is 0 Å². The van der Waals surface area contributed by atoms with E-state index in [1.165, 1.54) is 32.1 Å². The van der Waals surface area contributed by atoms with Gasteiger partial charge in [-0.2, -0.15) is 0 Å². The van der Waals surface area contributed by atoms with E-state index in [0.29, 0.717) is 12.3 Å². The molecule has 0 aliphatic heterocycles. The maximum atomic E-state index is 10.6. The molecular weight excluding hydrogens is 180 g/mol.